The molecule has 1 saturated heterocycles. The van der Waals surface area contributed by atoms with Gasteiger partial charge < -0.3 is 107 Å². The molecule has 83 heavy (non-hydrogen) atoms. The maximum absolute atomic E-state index is 13.4. The van der Waals surface area contributed by atoms with Gasteiger partial charge in [0.25, 0.3) is 0 Å². The fraction of sp³-hybridized carbons (Fsp3) is 0.820. The highest BCUT2D eigenvalue weighted by atomic mass is 16.7. The first-order chi connectivity index (χ1) is 38.9. The summed E-state index contributed by atoms with van der Waals surface area (Å²) in [7, 11) is 0. The van der Waals surface area contributed by atoms with Crippen molar-refractivity contribution >= 4 is 5.97 Å². The highest BCUT2D eigenvalue weighted by Gasteiger charge is 2.46. The summed E-state index contributed by atoms with van der Waals surface area (Å²) in [6, 6.07) is 0. The molecule has 0 amide bonds. The van der Waals surface area contributed by atoms with Crippen molar-refractivity contribution in [1.29, 1.82) is 0 Å². The molecule has 0 aliphatic carbocycles. The number of ether oxygens (including phenoxy) is 3. The molecule has 0 aromatic heterocycles. The van der Waals surface area contributed by atoms with Gasteiger partial charge in [-0.3, -0.25) is 0 Å². The predicted octanol–water partition coefficient (Wildman–Crippen LogP) is 0.442. The zero-order valence-electron chi connectivity index (χ0n) is 50.4. The molecule has 0 saturated carbocycles. The lowest BCUT2D eigenvalue weighted by Gasteiger charge is -2.41. The number of nitrogens with two attached hydrogens (primary N) is 1. The maximum Gasteiger partial charge on any atom is 0.333 e. The van der Waals surface area contributed by atoms with E-state index in [2.05, 4.69) is 0 Å². The molecule has 0 aromatic rings. The summed E-state index contributed by atoms with van der Waals surface area (Å²) in [6.07, 6.45) is -13.2. The van der Waals surface area contributed by atoms with E-state index in [0.717, 1.165) is 0 Å². The normalized spacial score (nSPS) is 41.8. The Labute approximate surface area is 492 Å². The second kappa shape index (κ2) is 38.6. The topological polar surface area (TPSA) is 415 Å². The van der Waals surface area contributed by atoms with Gasteiger partial charge in [-0.2, -0.15) is 0 Å². The Balaban J connectivity index is 2.45. The van der Waals surface area contributed by atoms with Crippen molar-refractivity contribution in [2.24, 2.45) is 47.2 Å². The van der Waals surface area contributed by atoms with Crippen LogP contribution in [0.4, 0.5) is 0 Å². The first-order valence-electron chi connectivity index (χ1n) is 29.9. The third kappa shape index (κ3) is 25.9. The summed E-state index contributed by atoms with van der Waals surface area (Å²) in [5.74, 6) is -4.84. The fourth-order valence-electron chi connectivity index (χ4n) is 10.5. The molecule has 19 N–H and O–H groups in total. The molecule has 22 nitrogen and oxygen atoms in total. The van der Waals surface area contributed by atoms with Crippen molar-refractivity contribution < 1.29 is 106 Å². The quantitative estimate of drug-likeness (QED) is 0.116. The Morgan fingerprint density at radius 3 is 1.81 bits per heavy atom. The number of hydrogen-bond donors (Lipinski definition) is 18. The number of cyclic esters (lactones) is 1. The lowest BCUT2D eigenvalue weighted by atomic mass is 9.82. The van der Waals surface area contributed by atoms with Gasteiger partial charge in [0.2, 0.25) is 0 Å². The van der Waals surface area contributed by atoms with E-state index in [0.29, 0.717) is 50.6 Å². The summed E-state index contributed by atoms with van der Waals surface area (Å²) in [5.41, 5.74) is 6.22. The molecule has 2 heterocycles. The second-order valence-corrected chi connectivity index (χ2v) is 24.2. The molecule has 2 aliphatic heterocycles. The molecular weight excluding hydrogens is 1080 g/mol. The van der Waals surface area contributed by atoms with Crippen molar-refractivity contribution in [3.63, 3.8) is 0 Å². The molecule has 0 radical (unpaired) electrons. The average molecular weight is 1190 g/mol. The minimum Gasteiger partial charge on any atom is -0.458 e. The second-order valence-electron chi connectivity index (χ2n) is 24.2. The highest BCUT2D eigenvalue weighted by molar-refractivity contribution is 5.87. The first kappa shape index (κ1) is 76.5. The molecule has 22 heteroatoms. The standard InChI is InChI=1S/C61H109NO21/c1-32-15-10-11-19-47(70)38(7)55(75)33(2)16-12-17-35(4)60(80)81-51(37(6)46(69)20-14-24-62)21-13-18-41(64)26-42(65)28-48(71)39(8)56(76)40(9)49(72)29-43(66)27-44(67)30-50(73)52(25-36(5)54(74)34(3)22-23-45(32)68)82-61-59(79)58(78)57(77)53(31-63)83-61/h10,13,15,17-18,22-23,25,32-34,37-59,61,63-79H,11-12,14,16,19-21,24,26-31,62H2,1-9H3/t32?,33?,34?,37?,38?,39?,40?,41?,42?,43?,44?,45?,46?,47?,48?,49?,50?,51?,52?,53-,54?,55?,56?,57-,58+,59+,61+/m1/s1. The van der Waals surface area contributed by atoms with Crippen LogP contribution in [0.1, 0.15) is 139 Å². The molecule has 484 valence electrons. The third-order valence-electron chi connectivity index (χ3n) is 17.0. The summed E-state index contributed by atoms with van der Waals surface area (Å²) >= 11 is 0. The Morgan fingerprint density at radius 2 is 1.22 bits per heavy atom. The number of hydrogen-bond acceptors (Lipinski definition) is 22. The van der Waals surface area contributed by atoms with E-state index in [9.17, 15) is 91.6 Å². The minimum absolute atomic E-state index is 0.0959. The van der Waals surface area contributed by atoms with Crippen molar-refractivity contribution in [2.75, 3.05) is 13.2 Å². The Hall–Kier alpha value is -2.63. The third-order valence-corrected chi connectivity index (χ3v) is 17.0. The van der Waals surface area contributed by atoms with Crippen LogP contribution in [0.2, 0.25) is 0 Å². The van der Waals surface area contributed by atoms with Crippen LogP contribution >= 0.6 is 0 Å². The Morgan fingerprint density at radius 1 is 0.639 bits per heavy atom. The van der Waals surface area contributed by atoms with Crippen LogP contribution in [-0.2, 0) is 19.0 Å². The van der Waals surface area contributed by atoms with Gasteiger partial charge in [0, 0.05) is 60.3 Å². The van der Waals surface area contributed by atoms with Crippen molar-refractivity contribution in [3.05, 3.63) is 59.8 Å². The van der Waals surface area contributed by atoms with Gasteiger partial charge in [0.05, 0.1) is 86.0 Å². The monoisotopic (exact) mass is 1190 g/mol. The van der Waals surface area contributed by atoms with E-state index < -0.39 is 183 Å². The van der Waals surface area contributed by atoms with E-state index in [4.69, 9.17) is 19.9 Å². The van der Waals surface area contributed by atoms with Crippen LogP contribution in [0.25, 0.3) is 0 Å². The van der Waals surface area contributed by atoms with Gasteiger partial charge in [-0.1, -0.05) is 97.1 Å². The number of rotatable bonds is 8. The zero-order chi connectivity index (χ0) is 63.0. The van der Waals surface area contributed by atoms with Gasteiger partial charge >= 0.3 is 5.97 Å². The molecular formula is C61H109NO21. The lowest BCUT2D eigenvalue weighted by molar-refractivity contribution is -0.313. The van der Waals surface area contributed by atoms with E-state index in [1.54, 1.807) is 58.9 Å². The van der Waals surface area contributed by atoms with Crippen molar-refractivity contribution in [3.8, 4) is 0 Å². The van der Waals surface area contributed by atoms with E-state index in [1.807, 2.05) is 13.0 Å². The minimum atomic E-state index is -1.88. The number of carbonyl (C=O) groups excluding carboxylic acids is 1. The Bertz CT molecular complexity index is 1960. The predicted molar refractivity (Wildman–Crippen MR) is 310 cm³/mol. The largest absolute Gasteiger partial charge is 0.458 e. The fourth-order valence-corrected chi connectivity index (χ4v) is 10.5. The van der Waals surface area contributed by atoms with Crippen LogP contribution in [0, 0.1) is 41.4 Å². The summed E-state index contributed by atoms with van der Waals surface area (Å²) in [4.78, 5) is 13.4. The number of aliphatic hydroxyl groups excluding tert-OH is 17. The van der Waals surface area contributed by atoms with Crippen LogP contribution < -0.4 is 5.73 Å². The van der Waals surface area contributed by atoms with Crippen molar-refractivity contribution in [1.82, 2.24) is 0 Å². The van der Waals surface area contributed by atoms with E-state index in [1.165, 1.54) is 39.0 Å². The van der Waals surface area contributed by atoms with Crippen LogP contribution in [0.3, 0.4) is 0 Å². The number of esters is 1. The SMILES string of the molecule is CC1=CCCC(C)C(O)C(C)C(O)CCC=CC(C)C(O)C=CC(C)C(O)C(C)=CC(O[C@H]2O[C@H](CO)[C@@H](O)[C@H](O)[C@@H]2O)C(O)CC(O)CC(O)CC(O)C(C)C(O)C(C)C(O)CC(O)CC(O)C=CCC(C(C)C(O)CCCN)OC1=O. The van der Waals surface area contributed by atoms with Gasteiger partial charge in [-0.05, 0) is 89.7 Å². The first-order valence-corrected chi connectivity index (χ1v) is 29.9. The zero-order valence-corrected chi connectivity index (χ0v) is 50.4. The van der Waals surface area contributed by atoms with Crippen LogP contribution in [0.15, 0.2) is 59.8 Å². The Kier molecular flexibility index (Phi) is 35.6. The van der Waals surface area contributed by atoms with Crippen molar-refractivity contribution in [2.45, 2.75) is 262 Å². The summed E-state index contributed by atoms with van der Waals surface area (Å²) in [5, 5.41) is 186. The highest BCUT2D eigenvalue weighted by Crippen LogP contribution is 2.30. The van der Waals surface area contributed by atoms with E-state index in [-0.39, 0.29) is 37.2 Å². The molecule has 0 bridgehead atoms. The van der Waals surface area contributed by atoms with Crippen LogP contribution in [-0.4, -0.2) is 228 Å². The average Bonchev–Trinajstić information content (AvgIpc) is 3.63. The van der Waals surface area contributed by atoms with Crippen LogP contribution in [0.5, 0.6) is 0 Å². The van der Waals surface area contributed by atoms with Gasteiger partial charge in [0.15, 0.2) is 6.29 Å². The molecule has 2 aliphatic rings. The molecule has 2 rings (SSSR count). The maximum atomic E-state index is 13.4. The van der Waals surface area contributed by atoms with Gasteiger partial charge in [0.1, 0.15) is 36.6 Å². The number of carbonyl (C=O) groups is 1. The molecule has 22 unspecified atom stereocenters. The lowest BCUT2D eigenvalue weighted by Crippen LogP contribution is -2.60. The molecule has 27 atom stereocenters. The molecule has 0 spiro atoms. The molecule has 1 fully saturated rings. The van der Waals surface area contributed by atoms with Gasteiger partial charge in [-0.15, -0.1) is 0 Å². The summed E-state index contributed by atoms with van der Waals surface area (Å²) in [6.45, 7) is 14.5. The van der Waals surface area contributed by atoms with E-state index >= 15 is 0 Å². The van der Waals surface area contributed by atoms with Gasteiger partial charge in [-0.25, -0.2) is 4.79 Å². The smallest absolute Gasteiger partial charge is 0.333 e. The number of aliphatic hydroxyl groups is 17. The number of allylic oxidation sites excluding steroid dienone is 2. The molecule has 0 aromatic carbocycles. The summed E-state index contributed by atoms with van der Waals surface area (Å²) < 4.78 is 17.4.